The third-order valence-electron chi connectivity index (χ3n) is 3.93. The van der Waals surface area contributed by atoms with Gasteiger partial charge in [-0.1, -0.05) is 56.2 Å². The lowest BCUT2D eigenvalue weighted by Crippen LogP contribution is -2.35. The Morgan fingerprint density at radius 2 is 1.43 bits per heavy atom. The molecule has 0 spiro atoms. The van der Waals surface area contributed by atoms with Crippen LogP contribution in [0.25, 0.3) is 11.1 Å². The molecule has 2 fully saturated rings. The minimum absolute atomic E-state index is 0.0353. The molecule has 2 N–H and O–H groups in total. The number of benzene rings is 2. The zero-order chi connectivity index (χ0) is 21.4. The molecule has 0 radical (unpaired) electrons. The molecule has 6 heteroatoms. The highest BCUT2D eigenvalue weighted by molar-refractivity contribution is 7.79. The summed E-state index contributed by atoms with van der Waals surface area (Å²) in [6, 6.07) is 12.5. The van der Waals surface area contributed by atoms with Crippen molar-refractivity contribution < 1.29 is 13.6 Å². The third kappa shape index (κ3) is 10.4. The predicted molar refractivity (Wildman–Crippen MR) is 117 cm³/mol. The van der Waals surface area contributed by atoms with Crippen LogP contribution in [0, 0.1) is 17.6 Å². The summed E-state index contributed by atoms with van der Waals surface area (Å²) in [4.78, 5) is 11.5. The normalized spacial score (nSPS) is 13.5. The van der Waals surface area contributed by atoms with Gasteiger partial charge in [0.15, 0.2) is 0 Å². The van der Waals surface area contributed by atoms with Gasteiger partial charge in [-0.15, -0.1) is 0 Å². The van der Waals surface area contributed by atoms with Gasteiger partial charge in [0.05, 0.1) is 5.56 Å². The van der Waals surface area contributed by atoms with Crippen LogP contribution in [0.4, 0.5) is 8.78 Å². The average Bonchev–Trinajstić information content (AvgIpc) is 3.48. The topological polar surface area (TPSA) is 46.3 Å². The van der Waals surface area contributed by atoms with Crippen molar-refractivity contribution in [3.63, 3.8) is 0 Å². The number of likely N-dealkylation sites (tertiary alicyclic amines) is 1. The molecule has 28 heavy (non-hydrogen) atoms. The summed E-state index contributed by atoms with van der Waals surface area (Å²) >= 11 is 3.53. The molecule has 1 saturated carbocycles. The monoisotopic (exact) mass is 410 g/mol. The summed E-state index contributed by atoms with van der Waals surface area (Å²) < 4.78 is 26.6. The third-order valence-corrected chi connectivity index (χ3v) is 3.93. The maximum absolute atomic E-state index is 13.3. The molecule has 1 amide bonds. The zero-order valence-electron chi connectivity index (χ0n) is 16.9. The molecule has 1 heterocycles. The van der Waals surface area contributed by atoms with Crippen molar-refractivity contribution in [2.45, 2.75) is 26.2 Å². The summed E-state index contributed by atoms with van der Waals surface area (Å²) in [7, 11) is 1.50. The number of nitrogens with zero attached hydrogens (tertiary/aromatic N) is 1. The molecule has 0 atom stereocenters. The number of hydrogen-bond donors (Lipinski definition) is 2. The molecule has 3 nitrogen and oxygen atoms in total. The van der Waals surface area contributed by atoms with Crippen molar-refractivity contribution in [2.24, 2.45) is 11.7 Å². The van der Waals surface area contributed by atoms with E-state index in [1.807, 2.05) is 6.07 Å². The Morgan fingerprint density at radius 1 is 0.964 bits per heavy atom. The predicted octanol–water partition coefficient (Wildman–Crippen LogP) is 5.02. The lowest BCUT2D eigenvalue weighted by Gasteiger charge is -2.25. The van der Waals surface area contributed by atoms with Crippen molar-refractivity contribution in [2.75, 3.05) is 26.4 Å². The van der Waals surface area contributed by atoms with Gasteiger partial charge in [-0.05, 0) is 43.3 Å². The summed E-state index contributed by atoms with van der Waals surface area (Å²) in [5, 5.41) is 0. The van der Waals surface area contributed by atoms with Crippen LogP contribution in [-0.4, -0.2) is 37.7 Å². The number of amides is 1. The number of carbonyl (C=O) groups excluding carboxylic acids is 1. The zero-order valence-corrected chi connectivity index (χ0v) is 17.8. The van der Waals surface area contributed by atoms with Gasteiger partial charge in [0.2, 0.25) is 6.41 Å². The Hall–Kier alpha value is -1.92. The number of rotatable bonds is 2. The van der Waals surface area contributed by atoms with E-state index in [0.717, 1.165) is 25.4 Å². The van der Waals surface area contributed by atoms with Crippen LogP contribution < -0.4 is 5.73 Å². The second-order valence-corrected chi connectivity index (χ2v) is 6.14. The average molecular weight is 411 g/mol. The Labute approximate surface area is 173 Å². The largest absolute Gasteiger partial charge is 0.345 e. The summed E-state index contributed by atoms with van der Waals surface area (Å²) in [5.74, 6) is 0.0207. The molecule has 2 aromatic rings. The first kappa shape index (κ1) is 26.1. The smallest absolute Gasteiger partial charge is 0.209 e. The molecule has 1 aliphatic carbocycles. The van der Waals surface area contributed by atoms with Crippen molar-refractivity contribution in [1.29, 1.82) is 0 Å². The maximum Gasteiger partial charge on any atom is 0.209 e. The van der Waals surface area contributed by atoms with Crippen LogP contribution in [-0.2, 0) is 4.79 Å². The molecule has 0 aromatic heterocycles. The molecule has 0 unspecified atom stereocenters. The van der Waals surface area contributed by atoms with Crippen LogP contribution in [0.5, 0.6) is 0 Å². The van der Waals surface area contributed by atoms with E-state index in [-0.39, 0.29) is 5.56 Å². The van der Waals surface area contributed by atoms with E-state index in [2.05, 4.69) is 25.3 Å². The quantitative estimate of drug-likeness (QED) is 0.540. The minimum atomic E-state index is -0.531. The SMILES string of the molecule is CC1CC1.CN.CS.Fc1cccc(F)c1-c1ccccc1.O=CN1CCC1. The van der Waals surface area contributed by atoms with E-state index in [9.17, 15) is 13.6 Å². The Bertz CT molecular complexity index is 628. The Balaban J connectivity index is 0.000000429. The van der Waals surface area contributed by atoms with Gasteiger partial charge in [0, 0.05) is 13.1 Å². The van der Waals surface area contributed by atoms with E-state index in [0.29, 0.717) is 5.56 Å². The molecular weight excluding hydrogens is 378 g/mol. The summed E-state index contributed by atoms with van der Waals surface area (Å²) in [6.07, 6.45) is 6.75. The fourth-order valence-corrected chi connectivity index (χ4v) is 1.99. The van der Waals surface area contributed by atoms with Crippen LogP contribution in [0.15, 0.2) is 48.5 Å². The van der Waals surface area contributed by atoms with E-state index < -0.39 is 11.6 Å². The molecule has 2 aromatic carbocycles. The molecular formula is C22H32F2N2OS. The van der Waals surface area contributed by atoms with Crippen LogP contribution in [0.2, 0.25) is 0 Å². The van der Waals surface area contributed by atoms with Crippen LogP contribution in [0.1, 0.15) is 26.2 Å². The van der Waals surface area contributed by atoms with Gasteiger partial charge < -0.3 is 10.6 Å². The van der Waals surface area contributed by atoms with Crippen molar-refractivity contribution in [3.05, 3.63) is 60.2 Å². The molecule has 1 saturated heterocycles. The van der Waals surface area contributed by atoms with E-state index in [4.69, 9.17) is 0 Å². The highest BCUT2D eigenvalue weighted by atomic mass is 32.1. The Kier molecular flexibility index (Phi) is 15.0. The van der Waals surface area contributed by atoms with E-state index in [1.54, 1.807) is 35.4 Å². The van der Waals surface area contributed by atoms with Gasteiger partial charge in [0.25, 0.3) is 0 Å². The van der Waals surface area contributed by atoms with Gasteiger partial charge in [0.1, 0.15) is 11.6 Å². The minimum Gasteiger partial charge on any atom is -0.345 e. The van der Waals surface area contributed by atoms with Crippen molar-refractivity contribution >= 4 is 19.0 Å². The highest BCUT2D eigenvalue weighted by Gasteiger charge is 2.12. The highest BCUT2D eigenvalue weighted by Crippen LogP contribution is 2.26. The fourth-order valence-electron chi connectivity index (χ4n) is 1.99. The van der Waals surface area contributed by atoms with Gasteiger partial charge in [-0.25, -0.2) is 8.78 Å². The van der Waals surface area contributed by atoms with Crippen molar-refractivity contribution in [3.8, 4) is 11.1 Å². The van der Waals surface area contributed by atoms with Gasteiger partial charge >= 0.3 is 0 Å². The van der Waals surface area contributed by atoms with Crippen LogP contribution >= 0.6 is 12.6 Å². The first-order chi connectivity index (χ1) is 13.6. The molecule has 1 aliphatic heterocycles. The van der Waals surface area contributed by atoms with E-state index >= 15 is 0 Å². The second-order valence-electron chi connectivity index (χ2n) is 6.14. The molecule has 0 bridgehead atoms. The first-order valence-corrected chi connectivity index (χ1v) is 10.2. The molecule has 4 rings (SSSR count). The fraction of sp³-hybridized carbons (Fsp3) is 0.409. The standard InChI is InChI=1S/C12H8F2.C4H7NO.C4H8.CH5N.CH4S/c13-10-7-4-8-11(14)12(10)9-5-2-1-3-6-9;6-4-5-2-1-3-5;1-4-2-3-4;2*1-2/h1-8H;4H,1-3H2;4H,2-3H2,1H3;2H2,1H3;2H,1H3. The van der Waals surface area contributed by atoms with Gasteiger partial charge in [-0.2, -0.15) is 12.6 Å². The van der Waals surface area contributed by atoms with Crippen LogP contribution in [0.3, 0.4) is 0 Å². The maximum atomic E-state index is 13.3. The number of hydrogen-bond acceptors (Lipinski definition) is 3. The Morgan fingerprint density at radius 3 is 1.71 bits per heavy atom. The number of nitrogens with two attached hydrogens (primary N) is 1. The van der Waals surface area contributed by atoms with E-state index in [1.165, 1.54) is 44.5 Å². The summed E-state index contributed by atoms with van der Waals surface area (Å²) in [5.41, 5.74) is 5.09. The lowest BCUT2D eigenvalue weighted by atomic mass is 10.0. The molecule has 156 valence electrons. The number of thiol groups is 1. The number of halogens is 2. The second kappa shape index (κ2) is 16.1. The molecule has 2 aliphatic rings. The summed E-state index contributed by atoms with van der Waals surface area (Å²) in [6.45, 7) is 4.23. The number of carbonyl (C=O) groups is 1. The van der Waals surface area contributed by atoms with Crippen molar-refractivity contribution in [1.82, 2.24) is 4.90 Å². The lowest BCUT2D eigenvalue weighted by molar-refractivity contribution is -0.121. The van der Waals surface area contributed by atoms with Gasteiger partial charge in [-0.3, -0.25) is 4.79 Å². The first-order valence-electron chi connectivity index (χ1n) is 9.33.